The number of aromatic amines is 1. The van der Waals surface area contributed by atoms with Crippen molar-refractivity contribution in [1.82, 2.24) is 15.2 Å². The number of hydrogen-bond acceptors (Lipinski definition) is 3. The molecular weight excluding hydrogens is 237 g/mol. The average molecular weight is 251 g/mol. The van der Waals surface area contributed by atoms with E-state index in [0.717, 1.165) is 5.75 Å². The molecule has 2 rings (SSSR count). The molecule has 0 fully saturated rings. The van der Waals surface area contributed by atoms with Crippen molar-refractivity contribution in [3.8, 4) is 11.4 Å². The number of H-pyrrole nitrogens is 1. The Morgan fingerprint density at radius 3 is 2.82 bits per heavy atom. The first-order chi connectivity index (χ1) is 8.16. The molecule has 0 radical (unpaired) electrons. The fourth-order valence-electron chi connectivity index (χ4n) is 1.33. The molecule has 0 saturated heterocycles. The Morgan fingerprint density at radius 2 is 2.12 bits per heavy atom. The summed E-state index contributed by atoms with van der Waals surface area (Å²) in [6.45, 7) is 4.27. The van der Waals surface area contributed by atoms with E-state index in [2.05, 4.69) is 29.0 Å². The number of hydrogen-bond donors (Lipinski definition) is 1. The molecule has 0 spiro atoms. The van der Waals surface area contributed by atoms with Gasteiger partial charge in [0.2, 0.25) is 5.16 Å². The van der Waals surface area contributed by atoms with Gasteiger partial charge in [0.05, 0.1) is 5.56 Å². The molecule has 5 heteroatoms. The second-order valence-electron chi connectivity index (χ2n) is 4.15. The molecule has 1 heterocycles. The molecule has 0 saturated carbocycles. The van der Waals surface area contributed by atoms with Gasteiger partial charge in [0.25, 0.3) is 0 Å². The number of thioether (sulfide) groups is 1. The van der Waals surface area contributed by atoms with Crippen molar-refractivity contribution in [3.63, 3.8) is 0 Å². The predicted octanol–water partition coefficient (Wildman–Crippen LogP) is 3.36. The maximum absolute atomic E-state index is 13.5. The van der Waals surface area contributed by atoms with Gasteiger partial charge in [-0.1, -0.05) is 37.7 Å². The van der Waals surface area contributed by atoms with E-state index < -0.39 is 0 Å². The molecule has 0 amide bonds. The van der Waals surface area contributed by atoms with E-state index in [9.17, 15) is 4.39 Å². The molecule has 0 unspecified atom stereocenters. The highest BCUT2D eigenvalue weighted by Crippen LogP contribution is 2.22. The molecule has 0 atom stereocenters. The van der Waals surface area contributed by atoms with Gasteiger partial charge in [-0.05, 0) is 18.1 Å². The summed E-state index contributed by atoms with van der Waals surface area (Å²) in [6.07, 6.45) is 0. The average Bonchev–Trinajstić information content (AvgIpc) is 2.75. The Morgan fingerprint density at radius 1 is 1.35 bits per heavy atom. The number of nitrogens with one attached hydrogen (secondary N) is 1. The Kier molecular flexibility index (Phi) is 3.78. The minimum atomic E-state index is -0.288. The third-order valence-corrected chi connectivity index (χ3v) is 3.41. The van der Waals surface area contributed by atoms with E-state index in [-0.39, 0.29) is 5.82 Å². The van der Waals surface area contributed by atoms with E-state index in [1.165, 1.54) is 6.07 Å². The van der Waals surface area contributed by atoms with Gasteiger partial charge >= 0.3 is 0 Å². The zero-order valence-corrected chi connectivity index (χ0v) is 10.6. The number of halogens is 1. The van der Waals surface area contributed by atoms with Crippen molar-refractivity contribution in [2.75, 3.05) is 5.75 Å². The zero-order chi connectivity index (χ0) is 12.3. The number of aromatic nitrogens is 3. The largest absolute Gasteiger partial charge is 0.258 e. The van der Waals surface area contributed by atoms with Crippen molar-refractivity contribution < 1.29 is 4.39 Å². The summed E-state index contributed by atoms with van der Waals surface area (Å²) >= 11 is 1.57. The molecule has 1 N–H and O–H groups in total. The van der Waals surface area contributed by atoms with Crippen LogP contribution in [0.3, 0.4) is 0 Å². The summed E-state index contributed by atoms with van der Waals surface area (Å²) < 4.78 is 13.5. The quantitative estimate of drug-likeness (QED) is 0.847. The highest BCUT2D eigenvalue weighted by molar-refractivity contribution is 7.99. The van der Waals surface area contributed by atoms with Crippen LogP contribution in [0.1, 0.15) is 13.8 Å². The van der Waals surface area contributed by atoms with E-state index in [1.807, 2.05) is 0 Å². The van der Waals surface area contributed by atoms with Crippen LogP contribution in [0.5, 0.6) is 0 Å². The summed E-state index contributed by atoms with van der Waals surface area (Å²) in [6, 6.07) is 6.54. The lowest BCUT2D eigenvalue weighted by atomic mass is 10.2. The molecular formula is C12H14FN3S. The van der Waals surface area contributed by atoms with Gasteiger partial charge in [0.15, 0.2) is 5.82 Å². The molecule has 0 aliphatic heterocycles. The first-order valence-corrected chi connectivity index (χ1v) is 6.45. The van der Waals surface area contributed by atoms with Crippen LogP contribution >= 0.6 is 11.8 Å². The SMILES string of the molecule is CC(C)CSc1n[nH]c(-c2ccccc2F)n1. The fraction of sp³-hybridized carbons (Fsp3) is 0.333. The van der Waals surface area contributed by atoms with Crippen molar-refractivity contribution >= 4 is 11.8 Å². The third-order valence-electron chi connectivity index (χ3n) is 2.14. The maximum Gasteiger partial charge on any atom is 0.208 e. The minimum Gasteiger partial charge on any atom is -0.258 e. The van der Waals surface area contributed by atoms with Crippen molar-refractivity contribution in [1.29, 1.82) is 0 Å². The lowest BCUT2D eigenvalue weighted by molar-refractivity contribution is 0.630. The number of benzene rings is 1. The minimum absolute atomic E-state index is 0.288. The molecule has 17 heavy (non-hydrogen) atoms. The standard InChI is InChI=1S/C12H14FN3S/c1-8(2)7-17-12-14-11(15-16-12)9-5-3-4-6-10(9)13/h3-6,8H,7H2,1-2H3,(H,14,15,16). The summed E-state index contributed by atoms with van der Waals surface area (Å²) in [5, 5.41) is 7.49. The fourth-order valence-corrected chi connectivity index (χ4v) is 2.07. The van der Waals surface area contributed by atoms with Gasteiger partial charge in [0.1, 0.15) is 5.82 Å². The Bertz CT molecular complexity index is 496. The molecule has 0 bridgehead atoms. The van der Waals surface area contributed by atoms with E-state index in [4.69, 9.17) is 0 Å². The molecule has 1 aromatic heterocycles. The van der Waals surface area contributed by atoms with Crippen LogP contribution in [0.15, 0.2) is 29.4 Å². The van der Waals surface area contributed by atoms with Gasteiger partial charge in [-0.2, -0.15) is 0 Å². The maximum atomic E-state index is 13.5. The summed E-state index contributed by atoms with van der Waals surface area (Å²) in [7, 11) is 0. The molecule has 2 aromatic rings. The summed E-state index contributed by atoms with van der Waals surface area (Å²) in [5.41, 5.74) is 0.455. The van der Waals surface area contributed by atoms with Crippen molar-refractivity contribution in [3.05, 3.63) is 30.1 Å². The topological polar surface area (TPSA) is 41.6 Å². The highest BCUT2D eigenvalue weighted by Gasteiger charge is 2.10. The van der Waals surface area contributed by atoms with Crippen LogP contribution in [0.25, 0.3) is 11.4 Å². The van der Waals surface area contributed by atoms with Crippen molar-refractivity contribution in [2.24, 2.45) is 5.92 Å². The smallest absolute Gasteiger partial charge is 0.208 e. The Balaban J connectivity index is 2.16. The van der Waals surface area contributed by atoms with Gasteiger partial charge in [-0.25, -0.2) is 9.37 Å². The van der Waals surface area contributed by atoms with Gasteiger partial charge in [0, 0.05) is 5.75 Å². The van der Waals surface area contributed by atoms with Crippen molar-refractivity contribution in [2.45, 2.75) is 19.0 Å². The first-order valence-electron chi connectivity index (χ1n) is 5.47. The van der Waals surface area contributed by atoms with Crippen LogP contribution in [0, 0.1) is 11.7 Å². The molecule has 1 aromatic carbocycles. The normalized spacial score (nSPS) is 11.1. The molecule has 3 nitrogen and oxygen atoms in total. The summed E-state index contributed by atoms with van der Waals surface area (Å²) in [4.78, 5) is 4.27. The van der Waals surface area contributed by atoms with Crippen LogP contribution in [0.4, 0.5) is 4.39 Å². The molecule has 0 aliphatic rings. The highest BCUT2D eigenvalue weighted by atomic mass is 32.2. The van der Waals surface area contributed by atoms with Gasteiger partial charge in [-0.15, -0.1) is 5.10 Å². The second-order valence-corrected chi connectivity index (χ2v) is 5.14. The Hall–Kier alpha value is -1.36. The van der Waals surface area contributed by atoms with Gasteiger partial charge in [-0.3, -0.25) is 5.10 Å². The lowest BCUT2D eigenvalue weighted by Crippen LogP contribution is -1.90. The molecule has 0 aliphatic carbocycles. The number of rotatable bonds is 4. The van der Waals surface area contributed by atoms with Crippen LogP contribution in [0.2, 0.25) is 0 Å². The predicted molar refractivity (Wildman–Crippen MR) is 67.3 cm³/mol. The molecule has 90 valence electrons. The van der Waals surface area contributed by atoms with Gasteiger partial charge < -0.3 is 0 Å². The number of nitrogens with zero attached hydrogens (tertiary/aromatic N) is 2. The zero-order valence-electron chi connectivity index (χ0n) is 9.77. The first kappa shape index (κ1) is 12.1. The van der Waals surface area contributed by atoms with Crippen LogP contribution < -0.4 is 0 Å². The second kappa shape index (κ2) is 5.31. The summed E-state index contributed by atoms with van der Waals surface area (Å²) in [5.74, 6) is 1.73. The van der Waals surface area contributed by atoms with Crippen LogP contribution in [-0.4, -0.2) is 20.9 Å². The van der Waals surface area contributed by atoms with Crippen LogP contribution in [-0.2, 0) is 0 Å². The lowest BCUT2D eigenvalue weighted by Gasteiger charge is -1.99. The third kappa shape index (κ3) is 3.06. The van der Waals surface area contributed by atoms with E-state index in [1.54, 1.807) is 30.0 Å². The van der Waals surface area contributed by atoms with E-state index in [0.29, 0.717) is 22.5 Å². The van der Waals surface area contributed by atoms with E-state index >= 15 is 0 Å². The monoisotopic (exact) mass is 251 g/mol. The Labute approximate surface area is 104 Å².